The Kier molecular flexibility index (Phi) is 2.47. The van der Waals surface area contributed by atoms with Gasteiger partial charge in [-0.25, -0.2) is 0 Å². The van der Waals surface area contributed by atoms with Crippen LogP contribution in [0.3, 0.4) is 0 Å². The summed E-state index contributed by atoms with van der Waals surface area (Å²) in [4.78, 5) is 0. The van der Waals surface area contributed by atoms with Crippen LogP contribution in [0.4, 0.5) is 0 Å². The van der Waals surface area contributed by atoms with Crippen LogP contribution in [-0.4, -0.2) is 5.11 Å². The van der Waals surface area contributed by atoms with Crippen molar-refractivity contribution in [2.24, 2.45) is 5.73 Å². The van der Waals surface area contributed by atoms with Crippen molar-refractivity contribution in [2.45, 2.75) is 25.3 Å². The summed E-state index contributed by atoms with van der Waals surface area (Å²) in [5, 5.41) is 9.80. The molecule has 1 aliphatic rings. The predicted molar refractivity (Wildman–Crippen MR) is 60.7 cm³/mol. The standard InChI is InChI=1S/C10H12INO/c11-8-5-4-6-7(10(8)13)2-1-3-9(6)12/h4-5,9,13H,1-3,12H2. The van der Waals surface area contributed by atoms with Gasteiger partial charge in [0.15, 0.2) is 0 Å². The minimum absolute atomic E-state index is 0.117. The zero-order valence-corrected chi connectivity index (χ0v) is 9.41. The molecule has 0 spiro atoms. The lowest BCUT2D eigenvalue weighted by Crippen LogP contribution is -2.17. The Hall–Kier alpha value is -0.290. The number of halogens is 1. The first kappa shape index (κ1) is 9.27. The molecule has 0 fully saturated rings. The van der Waals surface area contributed by atoms with Crippen LogP contribution in [0.5, 0.6) is 5.75 Å². The molecule has 1 atom stereocenters. The van der Waals surface area contributed by atoms with Crippen LogP contribution in [0.1, 0.15) is 30.0 Å². The van der Waals surface area contributed by atoms with Crippen molar-refractivity contribution < 1.29 is 5.11 Å². The molecule has 0 saturated heterocycles. The van der Waals surface area contributed by atoms with E-state index in [0.29, 0.717) is 5.75 Å². The van der Waals surface area contributed by atoms with Crippen LogP contribution in [0.15, 0.2) is 12.1 Å². The van der Waals surface area contributed by atoms with E-state index in [2.05, 4.69) is 22.6 Å². The van der Waals surface area contributed by atoms with Crippen molar-refractivity contribution in [3.63, 3.8) is 0 Å². The summed E-state index contributed by atoms with van der Waals surface area (Å²) in [6, 6.07) is 4.09. The lowest BCUT2D eigenvalue weighted by molar-refractivity contribution is 0.451. The Morgan fingerprint density at radius 2 is 2.23 bits per heavy atom. The van der Waals surface area contributed by atoms with Gasteiger partial charge in [-0.3, -0.25) is 0 Å². The third-order valence-electron chi connectivity index (χ3n) is 2.61. The van der Waals surface area contributed by atoms with E-state index in [1.54, 1.807) is 0 Å². The maximum Gasteiger partial charge on any atom is 0.132 e. The number of hydrogen-bond acceptors (Lipinski definition) is 2. The monoisotopic (exact) mass is 289 g/mol. The van der Waals surface area contributed by atoms with Crippen molar-refractivity contribution in [2.75, 3.05) is 0 Å². The summed E-state index contributed by atoms with van der Waals surface area (Å²) in [6.07, 6.45) is 3.08. The molecule has 0 radical (unpaired) electrons. The molecule has 0 aromatic heterocycles. The molecule has 3 heteroatoms. The van der Waals surface area contributed by atoms with Crippen LogP contribution in [0.25, 0.3) is 0 Å². The summed E-state index contributed by atoms with van der Waals surface area (Å²) < 4.78 is 0.922. The fraction of sp³-hybridized carbons (Fsp3) is 0.400. The fourth-order valence-electron chi connectivity index (χ4n) is 1.89. The number of hydrogen-bond donors (Lipinski definition) is 2. The normalized spacial score (nSPS) is 21.2. The third kappa shape index (κ3) is 1.55. The molecule has 0 heterocycles. The minimum atomic E-state index is 0.117. The highest BCUT2D eigenvalue weighted by atomic mass is 127. The zero-order valence-electron chi connectivity index (χ0n) is 7.26. The van der Waals surface area contributed by atoms with Crippen molar-refractivity contribution in [1.82, 2.24) is 0 Å². The first-order valence-electron chi connectivity index (χ1n) is 4.46. The van der Waals surface area contributed by atoms with E-state index in [1.165, 1.54) is 0 Å². The van der Waals surface area contributed by atoms with Crippen molar-refractivity contribution in [3.05, 3.63) is 26.8 Å². The number of phenolic OH excluding ortho intramolecular Hbond substituents is 1. The van der Waals surface area contributed by atoms with Gasteiger partial charge >= 0.3 is 0 Å². The Bertz CT molecular complexity index is 338. The van der Waals surface area contributed by atoms with Gasteiger partial charge in [-0.05, 0) is 59.0 Å². The highest BCUT2D eigenvalue weighted by Crippen LogP contribution is 2.36. The topological polar surface area (TPSA) is 46.2 Å². The van der Waals surface area contributed by atoms with Gasteiger partial charge in [-0.15, -0.1) is 0 Å². The molecule has 13 heavy (non-hydrogen) atoms. The Morgan fingerprint density at radius 1 is 1.46 bits per heavy atom. The van der Waals surface area contributed by atoms with Gasteiger partial charge in [0.2, 0.25) is 0 Å². The van der Waals surface area contributed by atoms with Crippen molar-refractivity contribution in [3.8, 4) is 5.75 Å². The largest absolute Gasteiger partial charge is 0.507 e. The van der Waals surface area contributed by atoms with Crippen LogP contribution >= 0.6 is 22.6 Å². The molecule has 1 aliphatic carbocycles. The molecule has 1 aromatic carbocycles. The van der Waals surface area contributed by atoms with Gasteiger partial charge < -0.3 is 10.8 Å². The maximum absolute atomic E-state index is 9.80. The average molecular weight is 289 g/mol. The number of rotatable bonds is 0. The summed E-state index contributed by atoms with van der Waals surface area (Å²) in [5.74, 6) is 0.438. The summed E-state index contributed by atoms with van der Waals surface area (Å²) in [5.41, 5.74) is 8.14. The second-order valence-corrected chi connectivity index (χ2v) is 4.62. The van der Waals surface area contributed by atoms with E-state index in [0.717, 1.165) is 34.0 Å². The van der Waals surface area contributed by atoms with Crippen LogP contribution < -0.4 is 5.73 Å². The second-order valence-electron chi connectivity index (χ2n) is 3.46. The number of nitrogens with two attached hydrogens (primary N) is 1. The SMILES string of the molecule is NC1CCCc2c1ccc(I)c2O. The minimum Gasteiger partial charge on any atom is -0.507 e. The van der Waals surface area contributed by atoms with Gasteiger partial charge in [0.1, 0.15) is 5.75 Å². The number of fused-ring (bicyclic) bond motifs is 1. The summed E-state index contributed by atoms with van der Waals surface area (Å²) >= 11 is 2.15. The van der Waals surface area contributed by atoms with E-state index in [4.69, 9.17) is 5.73 Å². The Balaban J connectivity index is 2.56. The quantitative estimate of drug-likeness (QED) is 0.720. The summed E-state index contributed by atoms with van der Waals surface area (Å²) in [7, 11) is 0. The Morgan fingerprint density at radius 3 is 3.00 bits per heavy atom. The molecule has 2 rings (SSSR count). The van der Waals surface area contributed by atoms with Crippen molar-refractivity contribution >= 4 is 22.6 Å². The van der Waals surface area contributed by atoms with E-state index in [9.17, 15) is 5.11 Å². The van der Waals surface area contributed by atoms with Gasteiger partial charge in [0.05, 0.1) is 3.57 Å². The molecule has 3 N–H and O–H groups in total. The van der Waals surface area contributed by atoms with E-state index in [1.807, 2.05) is 12.1 Å². The Labute approximate surface area is 91.3 Å². The fourth-order valence-corrected chi connectivity index (χ4v) is 2.39. The molecule has 0 saturated carbocycles. The highest BCUT2D eigenvalue weighted by molar-refractivity contribution is 14.1. The molecule has 0 bridgehead atoms. The van der Waals surface area contributed by atoms with Crippen LogP contribution in [0.2, 0.25) is 0 Å². The molecule has 0 aliphatic heterocycles. The van der Waals surface area contributed by atoms with E-state index >= 15 is 0 Å². The molecule has 1 aromatic rings. The third-order valence-corrected chi connectivity index (χ3v) is 3.48. The van der Waals surface area contributed by atoms with Gasteiger partial charge in [0, 0.05) is 6.04 Å². The lowest BCUT2D eigenvalue weighted by atomic mass is 9.88. The van der Waals surface area contributed by atoms with Crippen LogP contribution in [-0.2, 0) is 6.42 Å². The first-order valence-corrected chi connectivity index (χ1v) is 5.54. The molecule has 2 nitrogen and oxygen atoms in total. The molecule has 1 unspecified atom stereocenters. The molecular weight excluding hydrogens is 277 g/mol. The molecular formula is C10H12INO. The number of phenols is 1. The molecule has 70 valence electrons. The lowest BCUT2D eigenvalue weighted by Gasteiger charge is -2.23. The zero-order chi connectivity index (χ0) is 9.42. The van der Waals surface area contributed by atoms with Crippen molar-refractivity contribution in [1.29, 1.82) is 0 Å². The predicted octanol–water partition coefficient (Wildman–Crippen LogP) is 2.33. The van der Waals surface area contributed by atoms with Crippen LogP contribution in [0, 0.1) is 3.57 Å². The second kappa shape index (κ2) is 3.46. The summed E-state index contributed by atoms with van der Waals surface area (Å²) in [6.45, 7) is 0. The van der Waals surface area contributed by atoms with Gasteiger partial charge in [-0.1, -0.05) is 6.07 Å². The highest BCUT2D eigenvalue weighted by Gasteiger charge is 2.20. The molecule has 0 amide bonds. The average Bonchev–Trinajstić information content (AvgIpc) is 2.12. The van der Waals surface area contributed by atoms with Gasteiger partial charge in [-0.2, -0.15) is 0 Å². The van der Waals surface area contributed by atoms with Gasteiger partial charge in [0.25, 0.3) is 0 Å². The smallest absolute Gasteiger partial charge is 0.132 e. The van der Waals surface area contributed by atoms with E-state index < -0.39 is 0 Å². The first-order chi connectivity index (χ1) is 6.20. The number of aromatic hydroxyl groups is 1. The number of benzene rings is 1. The maximum atomic E-state index is 9.80. The van der Waals surface area contributed by atoms with E-state index in [-0.39, 0.29) is 6.04 Å².